The maximum Gasteiger partial charge on any atom is 0.0423 e. The van der Waals surface area contributed by atoms with Gasteiger partial charge in [0.25, 0.3) is 0 Å². The second-order valence-electron chi connectivity index (χ2n) is 6.38. The van der Waals surface area contributed by atoms with Crippen molar-refractivity contribution in [3.8, 4) is 0 Å². The lowest BCUT2D eigenvalue weighted by Crippen LogP contribution is -2.59. The van der Waals surface area contributed by atoms with Crippen LogP contribution in [0.2, 0.25) is 0 Å². The summed E-state index contributed by atoms with van der Waals surface area (Å²) < 4.78 is 0. The fourth-order valence-electron chi connectivity index (χ4n) is 4.37. The zero-order valence-corrected chi connectivity index (χ0v) is 10.8. The number of hydrogen-bond acceptors (Lipinski definition) is 3. The SMILES string of the molecule is c1cc(NC2CC3CC34CNC24)c2ccncc2c1. The number of anilines is 1. The standard InChI is InChI=1S/C16H17N3/c1-2-10-8-17-5-4-12(10)13(3-1)19-14-6-11-7-16(11)9-18-15(14)16/h1-5,8,11,14-15,18-19H,6-7,9H2. The first-order valence-corrected chi connectivity index (χ1v) is 7.19. The summed E-state index contributed by atoms with van der Waals surface area (Å²) in [5, 5.41) is 9.91. The van der Waals surface area contributed by atoms with Gasteiger partial charge in [0.1, 0.15) is 0 Å². The highest BCUT2D eigenvalue weighted by Gasteiger charge is 2.70. The van der Waals surface area contributed by atoms with Gasteiger partial charge in [0.05, 0.1) is 0 Å². The van der Waals surface area contributed by atoms with E-state index >= 15 is 0 Å². The van der Waals surface area contributed by atoms with E-state index in [-0.39, 0.29) is 0 Å². The van der Waals surface area contributed by atoms with Gasteiger partial charge in [-0.05, 0) is 30.9 Å². The molecule has 1 aliphatic heterocycles. The number of nitrogens with one attached hydrogen (secondary N) is 2. The Morgan fingerprint density at radius 1 is 1.32 bits per heavy atom. The molecule has 1 aromatic heterocycles. The number of pyridine rings is 1. The van der Waals surface area contributed by atoms with Gasteiger partial charge in [0, 0.05) is 52.9 Å². The third-order valence-corrected chi connectivity index (χ3v) is 5.51. The summed E-state index contributed by atoms with van der Waals surface area (Å²) in [7, 11) is 0. The van der Waals surface area contributed by atoms with Crippen molar-refractivity contribution in [2.24, 2.45) is 11.3 Å². The highest BCUT2D eigenvalue weighted by molar-refractivity contribution is 5.93. The quantitative estimate of drug-likeness (QED) is 0.860. The van der Waals surface area contributed by atoms with E-state index in [0.29, 0.717) is 17.5 Å². The molecule has 0 radical (unpaired) electrons. The Morgan fingerprint density at radius 3 is 3.16 bits per heavy atom. The molecule has 3 aliphatic rings. The zero-order valence-electron chi connectivity index (χ0n) is 10.8. The summed E-state index contributed by atoms with van der Waals surface area (Å²) in [5.41, 5.74) is 1.94. The van der Waals surface area contributed by atoms with E-state index in [1.807, 2.05) is 12.4 Å². The zero-order chi connectivity index (χ0) is 12.4. The van der Waals surface area contributed by atoms with Crippen molar-refractivity contribution in [3.63, 3.8) is 0 Å². The first-order valence-electron chi connectivity index (χ1n) is 7.19. The van der Waals surface area contributed by atoms with Gasteiger partial charge in [0.15, 0.2) is 0 Å². The topological polar surface area (TPSA) is 37.0 Å². The molecule has 3 nitrogen and oxygen atoms in total. The van der Waals surface area contributed by atoms with Crippen molar-refractivity contribution in [1.29, 1.82) is 0 Å². The Morgan fingerprint density at radius 2 is 2.32 bits per heavy atom. The van der Waals surface area contributed by atoms with Crippen LogP contribution in [0.1, 0.15) is 12.8 Å². The molecule has 2 aliphatic carbocycles. The van der Waals surface area contributed by atoms with Gasteiger partial charge in [-0.25, -0.2) is 0 Å². The van der Waals surface area contributed by atoms with Gasteiger partial charge in [-0.1, -0.05) is 12.1 Å². The van der Waals surface area contributed by atoms with Crippen molar-refractivity contribution in [1.82, 2.24) is 10.3 Å². The van der Waals surface area contributed by atoms with E-state index in [0.717, 1.165) is 5.92 Å². The molecule has 2 saturated carbocycles. The van der Waals surface area contributed by atoms with Crippen LogP contribution in [0.25, 0.3) is 10.8 Å². The second-order valence-corrected chi connectivity index (χ2v) is 6.38. The normalized spacial score (nSPS) is 38.4. The number of benzene rings is 1. The number of nitrogens with zero attached hydrogens (tertiary/aromatic N) is 1. The van der Waals surface area contributed by atoms with Crippen LogP contribution in [0, 0.1) is 11.3 Å². The van der Waals surface area contributed by atoms with Crippen molar-refractivity contribution in [2.45, 2.75) is 24.9 Å². The average Bonchev–Trinajstić information content (AvgIpc) is 3.10. The molecule has 1 aromatic carbocycles. The lowest BCUT2D eigenvalue weighted by atomic mass is 9.87. The van der Waals surface area contributed by atoms with Crippen molar-refractivity contribution < 1.29 is 0 Å². The third-order valence-electron chi connectivity index (χ3n) is 5.51. The average molecular weight is 251 g/mol. The van der Waals surface area contributed by atoms with Crippen LogP contribution in [0.15, 0.2) is 36.7 Å². The first-order chi connectivity index (χ1) is 9.37. The molecule has 3 fully saturated rings. The first kappa shape index (κ1) is 10.2. The molecule has 0 bridgehead atoms. The predicted octanol–water partition coefficient (Wildman–Crippen LogP) is 2.40. The van der Waals surface area contributed by atoms with Crippen LogP contribution in [0.4, 0.5) is 5.69 Å². The largest absolute Gasteiger partial charge is 0.380 e. The smallest absolute Gasteiger partial charge is 0.0423 e. The van der Waals surface area contributed by atoms with Crippen molar-refractivity contribution >= 4 is 16.5 Å². The Hall–Kier alpha value is -1.61. The highest BCUT2D eigenvalue weighted by Crippen LogP contribution is 2.67. The Bertz CT molecular complexity index is 659. The fraction of sp³-hybridized carbons (Fsp3) is 0.438. The molecule has 4 unspecified atom stereocenters. The number of hydrogen-bond donors (Lipinski definition) is 2. The molecule has 2 aromatic rings. The van der Waals surface area contributed by atoms with Gasteiger partial charge in [-0.2, -0.15) is 0 Å². The third kappa shape index (κ3) is 1.24. The summed E-state index contributed by atoms with van der Waals surface area (Å²) in [5.74, 6) is 0.980. The minimum absolute atomic E-state index is 0.603. The Kier molecular flexibility index (Phi) is 1.76. The number of fused-ring (bicyclic) bond motifs is 1. The summed E-state index contributed by atoms with van der Waals surface area (Å²) in [4.78, 5) is 4.20. The summed E-state index contributed by atoms with van der Waals surface area (Å²) in [6, 6.07) is 9.85. The van der Waals surface area contributed by atoms with Crippen molar-refractivity contribution in [2.75, 3.05) is 11.9 Å². The molecular formula is C16H17N3. The molecule has 0 amide bonds. The molecule has 5 rings (SSSR count). The van der Waals surface area contributed by atoms with Crippen LogP contribution < -0.4 is 10.6 Å². The number of aromatic nitrogens is 1. The number of rotatable bonds is 2. The molecule has 3 heteroatoms. The van der Waals surface area contributed by atoms with Gasteiger partial charge < -0.3 is 10.6 Å². The van der Waals surface area contributed by atoms with Crippen LogP contribution in [-0.4, -0.2) is 23.6 Å². The second kappa shape index (κ2) is 3.28. The van der Waals surface area contributed by atoms with Crippen LogP contribution in [0.3, 0.4) is 0 Å². The highest BCUT2D eigenvalue weighted by atomic mass is 15.2. The van der Waals surface area contributed by atoms with Gasteiger partial charge in [0.2, 0.25) is 0 Å². The molecule has 2 heterocycles. The molecule has 1 saturated heterocycles. The predicted molar refractivity (Wildman–Crippen MR) is 76.1 cm³/mol. The van der Waals surface area contributed by atoms with E-state index in [9.17, 15) is 0 Å². The summed E-state index contributed by atoms with van der Waals surface area (Å²) in [6.07, 6.45) is 6.61. The Labute approximate surface area is 112 Å². The molecule has 96 valence electrons. The van der Waals surface area contributed by atoms with E-state index < -0.39 is 0 Å². The lowest BCUT2D eigenvalue weighted by molar-refractivity contribution is 0.212. The van der Waals surface area contributed by atoms with Crippen LogP contribution in [-0.2, 0) is 0 Å². The molecule has 2 N–H and O–H groups in total. The molecule has 1 spiro atoms. The summed E-state index contributed by atoms with van der Waals surface area (Å²) >= 11 is 0. The van der Waals surface area contributed by atoms with Gasteiger partial charge in [-0.3, -0.25) is 4.98 Å². The minimum Gasteiger partial charge on any atom is -0.380 e. The Balaban J connectivity index is 1.50. The maximum atomic E-state index is 4.20. The molecular weight excluding hydrogens is 234 g/mol. The van der Waals surface area contributed by atoms with Crippen LogP contribution >= 0.6 is 0 Å². The van der Waals surface area contributed by atoms with E-state index in [2.05, 4.69) is 39.9 Å². The molecule has 19 heavy (non-hydrogen) atoms. The van der Waals surface area contributed by atoms with Gasteiger partial charge in [-0.15, -0.1) is 0 Å². The van der Waals surface area contributed by atoms with E-state index in [1.165, 1.54) is 35.8 Å². The van der Waals surface area contributed by atoms with Gasteiger partial charge >= 0.3 is 0 Å². The lowest BCUT2D eigenvalue weighted by Gasteiger charge is -2.40. The van der Waals surface area contributed by atoms with Crippen molar-refractivity contribution in [3.05, 3.63) is 36.7 Å². The monoisotopic (exact) mass is 251 g/mol. The van der Waals surface area contributed by atoms with E-state index in [1.54, 1.807) is 0 Å². The minimum atomic E-state index is 0.603. The molecule has 4 atom stereocenters. The fourth-order valence-corrected chi connectivity index (χ4v) is 4.37. The maximum absolute atomic E-state index is 4.20. The summed E-state index contributed by atoms with van der Waals surface area (Å²) in [6.45, 7) is 1.25. The van der Waals surface area contributed by atoms with E-state index in [4.69, 9.17) is 0 Å². The van der Waals surface area contributed by atoms with Crippen LogP contribution in [0.5, 0.6) is 0 Å².